The molecule has 1 saturated carbocycles. The van der Waals surface area contributed by atoms with Gasteiger partial charge in [0.2, 0.25) is 0 Å². The van der Waals surface area contributed by atoms with Crippen LogP contribution in [0.2, 0.25) is 0 Å². The summed E-state index contributed by atoms with van der Waals surface area (Å²) in [5.74, 6) is -0.556. The van der Waals surface area contributed by atoms with Gasteiger partial charge in [0.15, 0.2) is 0 Å². The van der Waals surface area contributed by atoms with Crippen LogP contribution in [0.3, 0.4) is 0 Å². The SMILES string of the molecule is CN=C1NC2C(CC(CF)C(O)C2O)O1. The highest BCUT2D eigenvalue weighted by atomic mass is 19.1. The van der Waals surface area contributed by atoms with Crippen molar-refractivity contribution in [3.05, 3.63) is 0 Å². The summed E-state index contributed by atoms with van der Waals surface area (Å²) < 4.78 is 17.9. The van der Waals surface area contributed by atoms with E-state index in [1.165, 1.54) is 0 Å². The highest BCUT2D eigenvalue weighted by molar-refractivity contribution is 5.76. The van der Waals surface area contributed by atoms with Gasteiger partial charge in [-0.3, -0.25) is 4.39 Å². The van der Waals surface area contributed by atoms with E-state index in [-0.39, 0.29) is 12.1 Å². The lowest BCUT2D eigenvalue weighted by molar-refractivity contribution is -0.0882. The van der Waals surface area contributed by atoms with E-state index in [2.05, 4.69) is 10.3 Å². The van der Waals surface area contributed by atoms with Gasteiger partial charge in [-0.25, -0.2) is 4.99 Å². The predicted molar refractivity (Wildman–Crippen MR) is 51.3 cm³/mol. The minimum absolute atomic E-state index is 0.303. The summed E-state index contributed by atoms with van der Waals surface area (Å²) in [6.45, 7) is -0.649. The number of nitrogens with one attached hydrogen (secondary N) is 1. The largest absolute Gasteiger partial charge is 0.460 e. The van der Waals surface area contributed by atoms with Crippen molar-refractivity contribution in [1.29, 1.82) is 0 Å². The first kappa shape index (κ1) is 10.6. The second-order valence-corrected chi connectivity index (χ2v) is 3.99. The first-order valence-corrected chi connectivity index (χ1v) is 4.99. The van der Waals surface area contributed by atoms with Crippen molar-refractivity contribution < 1.29 is 19.3 Å². The van der Waals surface area contributed by atoms with E-state index in [1.807, 2.05) is 0 Å². The summed E-state index contributed by atoms with van der Waals surface area (Å²) in [6.07, 6.45) is -1.96. The molecule has 5 atom stereocenters. The maximum Gasteiger partial charge on any atom is 0.285 e. The summed E-state index contributed by atoms with van der Waals surface area (Å²) >= 11 is 0. The molecular weight excluding hydrogens is 203 g/mol. The number of aliphatic imine (C=N–C) groups is 1. The van der Waals surface area contributed by atoms with Crippen LogP contribution in [0.15, 0.2) is 4.99 Å². The number of halogens is 1. The van der Waals surface area contributed by atoms with Gasteiger partial charge in [-0.15, -0.1) is 0 Å². The van der Waals surface area contributed by atoms with Crippen molar-refractivity contribution in [3.63, 3.8) is 0 Å². The minimum atomic E-state index is -1.04. The van der Waals surface area contributed by atoms with Crippen LogP contribution in [-0.4, -0.2) is 54.3 Å². The Morgan fingerprint density at radius 2 is 2.27 bits per heavy atom. The van der Waals surface area contributed by atoms with Crippen LogP contribution in [0.4, 0.5) is 4.39 Å². The van der Waals surface area contributed by atoms with E-state index in [1.54, 1.807) is 7.05 Å². The van der Waals surface area contributed by atoms with Crippen molar-refractivity contribution in [2.24, 2.45) is 10.9 Å². The van der Waals surface area contributed by atoms with E-state index >= 15 is 0 Å². The first-order chi connectivity index (χ1) is 7.17. The first-order valence-electron chi connectivity index (χ1n) is 4.99. The van der Waals surface area contributed by atoms with Crippen molar-refractivity contribution in [1.82, 2.24) is 5.32 Å². The molecule has 1 heterocycles. The molecule has 1 saturated heterocycles. The standard InChI is InChI=1S/C9H15FN2O3/c1-11-9-12-6-5(15-9)2-4(3-10)7(13)8(6)14/h4-8,13-14H,2-3H2,1H3,(H,11,12). The van der Waals surface area contributed by atoms with Crippen LogP contribution < -0.4 is 5.32 Å². The fraction of sp³-hybridized carbons (Fsp3) is 0.889. The zero-order valence-corrected chi connectivity index (χ0v) is 8.43. The Balaban J connectivity index is 2.13. The van der Waals surface area contributed by atoms with E-state index in [0.29, 0.717) is 12.4 Å². The van der Waals surface area contributed by atoms with E-state index in [9.17, 15) is 14.6 Å². The summed E-state index contributed by atoms with van der Waals surface area (Å²) in [5, 5.41) is 22.2. The van der Waals surface area contributed by atoms with Gasteiger partial charge in [-0.2, -0.15) is 0 Å². The normalized spacial score (nSPS) is 47.2. The molecular formula is C9H15FN2O3. The maximum atomic E-state index is 12.6. The number of aliphatic hydroxyl groups is 2. The van der Waals surface area contributed by atoms with Gasteiger partial charge in [0, 0.05) is 13.0 Å². The van der Waals surface area contributed by atoms with Gasteiger partial charge in [-0.05, 0) is 6.42 Å². The van der Waals surface area contributed by atoms with Crippen molar-refractivity contribution in [2.75, 3.05) is 13.7 Å². The minimum Gasteiger partial charge on any atom is -0.460 e. The molecule has 0 aromatic rings. The van der Waals surface area contributed by atoms with Crippen molar-refractivity contribution >= 4 is 6.02 Å². The van der Waals surface area contributed by atoms with Gasteiger partial charge < -0.3 is 20.3 Å². The highest BCUT2D eigenvalue weighted by Crippen LogP contribution is 2.30. The summed E-state index contributed by atoms with van der Waals surface area (Å²) in [4.78, 5) is 3.82. The molecule has 86 valence electrons. The van der Waals surface area contributed by atoms with Gasteiger partial charge in [0.05, 0.1) is 18.8 Å². The highest BCUT2D eigenvalue weighted by Gasteiger charge is 2.48. The third kappa shape index (κ3) is 1.68. The van der Waals surface area contributed by atoms with Crippen LogP contribution in [0, 0.1) is 5.92 Å². The lowest BCUT2D eigenvalue weighted by Crippen LogP contribution is -2.56. The molecule has 1 aliphatic heterocycles. The molecule has 2 fully saturated rings. The Bertz CT molecular complexity index is 274. The van der Waals surface area contributed by atoms with Gasteiger partial charge in [0.25, 0.3) is 6.02 Å². The van der Waals surface area contributed by atoms with Gasteiger partial charge >= 0.3 is 0 Å². The van der Waals surface area contributed by atoms with E-state index in [4.69, 9.17) is 4.74 Å². The molecule has 3 N–H and O–H groups in total. The Labute approximate surface area is 87.0 Å². The number of hydrogen-bond acceptors (Lipinski definition) is 4. The lowest BCUT2D eigenvalue weighted by atomic mass is 9.80. The summed E-state index contributed by atoms with van der Waals surface area (Å²) in [7, 11) is 1.56. The molecule has 2 aliphatic rings. The topological polar surface area (TPSA) is 74.1 Å². The Morgan fingerprint density at radius 3 is 2.87 bits per heavy atom. The molecule has 1 aliphatic carbocycles. The fourth-order valence-electron chi connectivity index (χ4n) is 2.19. The number of alkyl halides is 1. The second-order valence-electron chi connectivity index (χ2n) is 3.99. The number of hydrogen-bond donors (Lipinski definition) is 3. The molecule has 15 heavy (non-hydrogen) atoms. The van der Waals surface area contributed by atoms with Crippen LogP contribution in [-0.2, 0) is 4.74 Å². The Morgan fingerprint density at radius 1 is 1.53 bits per heavy atom. The third-order valence-electron chi connectivity index (χ3n) is 3.09. The molecule has 5 nitrogen and oxygen atoms in total. The molecule has 0 radical (unpaired) electrons. The maximum absolute atomic E-state index is 12.6. The van der Waals surface area contributed by atoms with E-state index in [0.717, 1.165) is 0 Å². The smallest absolute Gasteiger partial charge is 0.285 e. The van der Waals surface area contributed by atoms with Crippen LogP contribution in [0.5, 0.6) is 0 Å². The lowest BCUT2D eigenvalue weighted by Gasteiger charge is -2.36. The predicted octanol–water partition coefficient (Wildman–Crippen LogP) is -0.960. The monoisotopic (exact) mass is 218 g/mol. The number of nitrogens with zero attached hydrogens (tertiary/aromatic N) is 1. The number of aliphatic hydroxyl groups excluding tert-OH is 2. The number of rotatable bonds is 1. The molecule has 6 heteroatoms. The fourth-order valence-corrected chi connectivity index (χ4v) is 2.19. The molecule has 0 aromatic heterocycles. The Hall–Kier alpha value is -0.880. The van der Waals surface area contributed by atoms with Crippen molar-refractivity contribution in [3.8, 4) is 0 Å². The van der Waals surface area contributed by atoms with Crippen molar-refractivity contribution in [2.45, 2.75) is 30.8 Å². The third-order valence-corrected chi connectivity index (χ3v) is 3.09. The Kier molecular flexibility index (Phi) is 2.79. The van der Waals surface area contributed by atoms with Crippen LogP contribution in [0.1, 0.15) is 6.42 Å². The quantitative estimate of drug-likeness (QED) is 0.530. The molecule has 0 spiro atoms. The van der Waals surface area contributed by atoms with E-state index < -0.39 is 24.8 Å². The average molecular weight is 218 g/mol. The summed E-state index contributed by atoms with van der Waals surface area (Å²) in [5.41, 5.74) is 0. The van der Waals surface area contributed by atoms with Gasteiger partial charge in [0.1, 0.15) is 12.2 Å². The number of ether oxygens (including phenoxy) is 1. The molecule has 2 rings (SSSR count). The molecule has 0 bridgehead atoms. The van der Waals surface area contributed by atoms with Crippen LogP contribution >= 0.6 is 0 Å². The van der Waals surface area contributed by atoms with Gasteiger partial charge in [-0.1, -0.05) is 0 Å². The molecule has 0 amide bonds. The molecule has 5 unspecified atom stereocenters. The zero-order chi connectivity index (χ0) is 11.0. The zero-order valence-electron chi connectivity index (χ0n) is 8.43. The number of amidine groups is 1. The molecule has 0 aromatic carbocycles. The number of fused-ring (bicyclic) bond motifs is 1. The average Bonchev–Trinajstić information content (AvgIpc) is 2.66. The second kappa shape index (κ2) is 3.94. The summed E-state index contributed by atoms with van der Waals surface area (Å²) in [6, 6.07) is -0.0442. The van der Waals surface area contributed by atoms with Crippen LogP contribution in [0.25, 0.3) is 0 Å².